The normalized spacial score (nSPS) is 17.0. The number of hydrogen-bond acceptors (Lipinski definition) is 4. The summed E-state index contributed by atoms with van der Waals surface area (Å²) in [6.45, 7) is 5.90. The van der Waals surface area contributed by atoms with Crippen molar-refractivity contribution in [3.63, 3.8) is 0 Å². The van der Waals surface area contributed by atoms with Gasteiger partial charge in [-0.2, -0.15) is 0 Å². The molecule has 1 saturated heterocycles. The highest BCUT2D eigenvalue weighted by molar-refractivity contribution is 7.99. The zero-order valence-corrected chi connectivity index (χ0v) is 12.9. The van der Waals surface area contributed by atoms with Crippen LogP contribution < -0.4 is 4.90 Å². The zero-order chi connectivity index (χ0) is 14.5. The van der Waals surface area contributed by atoms with Crippen molar-refractivity contribution in [2.75, 3.05) is 43.9 Å². The van der Waals surface area contributed by atoms with Gasteiger partial charge in [0.2, 0.25) is 0 Å². The molecule has 0 radical (unpaired) electrons. The number of rotatable bonds is 4. The van der Waals surface area contributed by atoms with Crippen molar-refractivity contribution in [2.45, 2.75) is 18.2 Å². The van der Waals surface area contributed by atoms with E-state index in [0.717, 1.165) is 48.9 Å². The van der Waals surface area contributed by atoms with E-state index in [0.29, 0.717) is 5.56 Å². The molecule has 5 heteroatoms. The van der Waals surface area contributed by atoms with Crippen LogP contribution in [-0.2, 0) is 0 Å². The lowest BCUT2D eigenvalue weighted by atomic mass is 10.1. The molecule has 0 atom stereocenters. The highest BCUT2D eigenvalue weighted by atomic mass is 32.2. The van der Waals surface area contributed by atoms with Crippen molar-refractivity contribution in [3.8, 4) is 0 Å². The van der Waals surface area contributed by atoms with Crippen LogP contribution in [0.5, 0.6) is 0 Å². The fraction of sp³-hybridized carbons (Fsp3) is 0.533. The highest BCUT2D eigenvalue weighted by Gasteiger charge is 2.21. The van der Waals surface area contributed by atoms with E-state index in [2.05, 4.69) is 16.8 Å². The number of aromatic carboxylic acids is 1. The minimum absolute atomic E-state index is 0.462. The van der Waals surface area contributed by atoms with Gasteiger partial charge in [-0.3, -0.25) is 0 Å². The van der Waals surface area contributed by atoms with E-state index in [4.69, 9.17) is 0 Å². The maximum atomic E-state index is 11.7. The number of benzene rings is 1. The van der Waals surface area contributed by atoms with Crippen LogP contribution >= 0.6 is 11.8 Å². The smallest absolute Gasteiger partial charge is 0.338 e. The lowest BCUT2D eigenvalue weighted by Crippen LogP contribution is -2.30. The molecule has 0 bridgehead atoms. The molecule has 1 aliphatic rings. The van der Waals surface area contributed by atoms with Crippen LogP contribution in [0.4, 0.5) is 5.69 Å². The van der Waals surface area contributed by atoms with Gasteiger partial charge >= 0.3 is 5.97 Å². The first kappa shape index (κ1) is 15.2. The van der Waals surface area contributed by atoms with Gasteiger partial charge < -0.3 is 14.9 Å². The van der Waals surface area contributed by atoms with E-state index in [9.17, 15) is 9.90 Å². The standard InChI is InChI=1S/C15H22N2O2S/c1-3-20-13-7-4-6-12(14(13)15(18)19)17-9-5-8-16(2)10-11-17/h4,6-7H,3,5,8-11H2,1-2H3,(H,18,19). The predicted molar refractivity (Wildman–Crippen MR) is 84.1 cm³/mol. The molecule has 1 heterocycles. The van der Waals surface area contributed by atoms with E-state index in [-0.39, 0.29) is 0 Å². The monoisotopic (exact) mass is 294 g/mol. The van der Waals surface area contributed by atoms with Gasteiger partial charge in [-0.05, 0) is 37.9 Å². The molecule has 2 rings (SSSR count). The average molecular weight is 294 g/mol. The van der Waals surface area contributed by atoms with Gasteiger partial charge in [0.1, 0.15) is 0 Å². The Balaban J connectivity index is 2.34. The SMILES string of the molecule is CCSc1cccc(N2CCCN(C)CC2)c1C(=O)O. The minimum atomic E-state index is -0.825. The molecule has 0 unspecified atom stereocenters. The summed E-state index contributed by atoms with van der Waals surface area (Å²) in [5.74, 6) is 0.0566. The van der Waals surface area contributed by atoms with E-state index >= 15 is 0 Å². The van der Waals surface area contributed by atoms with Gasteiger partial charge in [-0.15, -0.1) is 11.8 Å². The molecule has 4 nitrogen and oxygen atoms in total. The number of likely N-dealkylation sites (N-methyl/N-ethyl adjacent to an activating group) is 1. The first-order chi connectivity index (χ1) is 9.63. The largest absolute Gasteiger partial charge is 0.478 e. The summed E-state index contributed by atoms with van der Waals surface area (Å²) < 4.78 is 0. The summed E-state index contributed by atoms with van der Waals surface area (Å²) in [7, 11) is 2.12. The van der Waals surface area contributed by atoms with Gasteiger partial charge in [0.05, 0.1) is 11.3 Å². The summed E-state index contributed by atoms with van der Waals surface area (Å²) in [5, 5.41) is 9.58. The Morgan fingerprint density at radius 3 is 2.80 bits per heavy atom. The first-order valence-corrected chi connectivity index (χ1v) is 8.04. The second-order valence-corrected chi connectivity index (χ2v) is 6.34. The maximum absolute atomic E-state index is 11.7. The Bertz CT molecular complexity index is 479. The van der Waals surface area contributed by atoms with Crippen LogP contribution in [0.15, 0.2) is 23.1 Å². The summed E-state index contributed by atoms with van der Waals surface area (Å²) in [5.41, 5.74) is 1.33. The summed E-state index contributed by atoms with van der Waals surface area (Å²) >= 11 is 1.60. The third kappa shape index (κ3) is 3.46. The average Bonchev–Trinajstić information content (AvgIpc) is 2.63. The Morgan fingerprint density at radius 1 is 1.30 bits per heavy atom. The molecular weight excluding hydrogens is 272 g/mol. The molecule has 1 fully saturated rings. The number of carboxylic acids is 1. The van der Waals surface area contributed by atoms with Gasteiger partial charge in [0.25, 0.3) is 0 Å². The molecule has 0 saturated carbocycles. The molecule has 1 N–H and O–H groups in total. The fourth-order valence-electron chi connectivity index (χ4n) is 2.56. The lowest BCUT2D eigenvalue weighted by Gasteiger charge is -2.25. The molecule has 20 heavy (non-hydrogen) atoms. The van der Waals surface area contributed by atoms with E-state index in [1.807, 2.05) is 25.1 Å². The summed E-state index contributed by atoms with van der Waals surface area (Å²) in [4.78, 5) is 17.0. The molecule has 1 aromatic carbocycles. The number of thioether (sulfide) groups is 1. The minimum Gasteiger partial charge on any atom is -0.478 e. The topological polar surface area (TPSA) is 43.8 Å². The lowest BCUT2D eigenvalue weighted by molar-refractivity contribution is 0.0694. The van der Waals surface area contributed by atoms with E-state index in [1.54, 1.807) is 11.8 Å². The van der Waals surface area contributed by atoms with E-state index < -0.39 is 5.97 Å². The second kappa shape index (κ2) is 6.99. The van der Waals surface area contributed by atoms with Crippen molar-refractivity contribution in [3.05, 3.63) is 23.8 Å². The molecule has 0 aliphatic carbocycles. The second-order valence-electron chi connectivity index (χ2n) is 5.03. The molecule has 0 aromatic heterocycles. The Kier molecular flexibility index (Phi) is 5.31. The molecule has 0 amide bonds. The van der Waals surface area contributed by atoms with Crippen LogP contribution in [0.1, 0.15) is 23.7 Å². The van der Waals surface area contributed by atoms with Crippen molar-refractivity contribution in [1.82, 2.24) is 4.90 Å². The number of nitrogens with zero attached hydrogens (tertiary/aromatic N) is 2. The molecule has 0 spiro atoms. The number of carboxylic acid groups (broad SMARTS) is 1. The van der Waals surface area contributed by atoms with Crippen LogP contribution in [0.3, 0.4) is 0 Å². The van der Waals surface area contributed by atoms with Crippen LogP contribution in [-0.4, -0.2) is 55.0 Å². The number of carbonyl (C=O) groups is 1. The fourth-order valence-corrected chi connectivity index (χ4v) is 3.38. The Labute approximate surface area is 124 Å². The van der Waals surface area contributed by atoms with Crippen LogP contribution in [0.2, 0.25) is 0 Å². The van der Waals surface area contributed by atoms with Crippen LogP contribution in [0, 0.1) is 0 Å². The molecular formula is C15H22N2O2S. The van der Waals surface area contributed by atoms with Gasteiger partial charge in [-0.25, -0.2) is 4.79 Å². The summed E-state index contributed by atoms with van der Waals surface area (Å²) in [6, 6.07) is 5.81. The molecule has 1 aliphatic heterocycles. The number of anilines is 1. The predicted octanol–water partition coefficient (Wildman–Crippen LogP) is 2.64. The van der Waals surface area contributed by atoms with E-state index in [1.165, 1.54) is 0 Å². The molecule has 110 valence electrons. The Morgan fingerprint density at radius 2 is 2.10 bits per heavy atom. The summed E-state index contributed by atoms with van der Waals surface area (Å²) in [6.07, 6.45) is 1.07. The first-order valence-electron chi connectivity index (χ1n) is 7.06. The van der Waals surface area contributed by atoms with Crippen molar-refractivity contribution in [1.29, 1.82) is 0 Å². The van der Waals surface area contributed by atoms with Crippen molar-refractivity contribution < 1.29 is 9.90 Å². The van der Waals surface area contributed by atoms with Gasteiger partial charge in [0, 0.05) is 24.5 Å². The van der Waals surface area contributed by atoms with Crippen LogP contribution in [0.25, 0.3) is 0 Å². The van der Waals surface area contributed by atoms with Crippen molar-refractivity contribution >= 4 is 23.4 Å². The van der Waals surface area contributed by atoms with Gasteiger partial charge in [-0.1, -0.05) is 13.0 Å². The zero-order valence-electron chi connectivity index (χ0n) is 12.1. The van der Waals surface area contributed by atoms with Gasteiger partial charge in [0.15, 0.2) is 0 Å². The third-order valence-electron chi connectivity index (χ3n) is 3.58. The third-order valence-corrected chi connectivity index (χ3v) is 4.52. The van der Waals surface area contributed by atoms with Crippen molar-refractivity contribution in [2.24, 2.45) is 0 Å². The quantitative estimate of drug-likeness (QED) is 0.865. The maximum Gasteiger partial charge on any atom is 0.338 e. The molecule has 1 aromatic rings. The number of hydrogen-bond donors (Lipinski definition) is 1. The Hall–Kier alpha value is -1.20. The highest BCUT2D eigenvalue weighted by Crippen LogP contribution is 2.31.